The Morgan fingerprint density at radius 2 is 2.47 bits per heavy atom. The molecule has 0 aromatic rings. The quantitative estimate of drug-likeness (QED) is 0.701. The van der Waals surface area contributed by atoms with Gasteiger partial charge in [0.25, 0.3) is 0 Å². The molecule has 2 atom stereocenters. The minimum atomic E-state index is 0.120. The van der Waals surface area contributed by atoms with Crippen molar-refractivity contribution < 1.29 is 9.53 Å². The monoisotopic (exact) mass is 241 g/mol. The second kappa shape index (κ2) is 6.33. The highest BCUT2D eigenvalue weighted by Crippen LogP contribution is 2.10. The second-order valence-electron chi connectivity index (χ2n) is 4.96. The van der Waals surface area contributed by atoms with Crippen molar-refractivity contribution in [2.24, 2.45) is 0 Å². The fourth-order valence-electron chi connectivity index (χ4n) is 2.39. The van der Waals surface area contributed by atoms with Crippen LogP contribution in [0.4, 0.5) is 0 Å². The summed E-state index contributed by atoms with van der Waals surface area (Å²) in [6, 6.07) is 0.442. The highest BCUT2D eigenvalue weighted by molar-refractivity contribution is 5.78. The van der Waals surface area contributed by atoms with Gasteiger partial charge in [0, 0.05) is 38.8 Å². The van der Waals surface area contributed by atoms with Crippen LogP contribution in [-0.2, 0) is 9.53 Å². The maximum absolute atomic E-state index is 11.8. The summed E-state index contributed by atoms with van der Waals surface area (Å²) >= 11 is 0. The van der Waals surface area contributed by atoms with Crippen molar-refractivity contribution in [1.82, 2.24) is 15.5 Å². The molecular formula is C12H23N3O2. The number of hydrogen-bond donors (Lipinski definition) is 2. The predicted octanol–water partition coefficient (Wildman–Crippen LogP) is -0.425. The van der Waals surface area contributed by atoms with Gasteiger partial charge in [-0.2, -0.15) is 0 Å². The molecule has 17 heavy (non-hydrogen) atoms. The molecule has 5 heteroatoms. The number of rotatable bonds is 4. The first-order valence-corrected chi connectivity index (χ1v) is 6.59. The summed E-state index contributed by atoms with van der Waals surface area (Å²) in [5.41, 5.74) is 0. The van der Waals surface area contributed by atoms with E-state index < -0.39 is 0 Å². The molecule has 2 aliphatic rings. The molecule has 0 saturated carbocycles. The molecule has 1 amide bonds. The van der Waals surface area contributed by atoms with E-state index in [0.717, 1.165) is 39.1 Å². The van der Waals surface area contributed by atoms with E-state index in [0.29, 0.717) is 19.1 Å². The molecule has 0 radical (unpaired) electrons. The molecule has 2 heterocycles. The van der Waals surface area contributed by atoms with Crippen molar-refractivity contribution in [3.8, 4) is 0 Å². The van der Waals surface area contributed by atoms with E-state index >= 15 is 0 Å². The van der Waals surface area contributed by atoms with Crippen molar-refractivity contribution in [2.75, 3.05) is 39.3 Å². The molecule has 98 valence electrons. The average molecular weight is 241 g/mol. The van der Waals surface area contributed by atoms with Gasteiger partial charge in [0.05, 0.1) is 12.6 Å². The van der Waals surface area contributed by atoms with Crippen LogP contribution in [0.25, 0.3) is 0 Å². The van der Waals surface area contributed by atoms with Crippen LogP contribution in [0.2, 0.25) is 0 Å². The molecule has 0 aromatic heterocycles. The fourth-order valence-corrected chi connectivity index (χ4v) is 2.39. The van der Waals surface area contributed by atoms with Crippen LogP contribution < -0.4 is 10.6 Å². The van der Waals surface area contributed by atoms with E-state index in [1.807, 2.05) is 0 Å². The van der Waals surface area contributed by atoms with Crippen LogP contribution in [0, 0.1) is 0 Å². The van der Waals surface area contributed by atoms with Crippen LogP contribution >= 0.6 is 0 Å². The van der Waals surface area contributed by atoms with E-state index in [1.165, 1.54) is 0 Å². The number of amides is 1. The van der Waals surface area contributed by atoms with Crippen molar-refractivity contribution >= 4 is 5.91 Å². The molecule has 0 aromatic carbocycles. The van der Waals surface area contributed by atoms with Gasteiger partial charge in [-0.05, 0) is 19.8 Å². The number of nitrogens with one attached hydrogen (secondary N) is 2. The Kier molecular flexibility index (Phi) is 4.76. The standard InChI is InChI=1S/C12H23N3O2/c1-10-7-13-4-5-15(10)9-12(16)14-8-11-3-2-6-17-11/h10-11,13H,2-9H2,1H3,(H,14,16)/t10-,11?/m0/s1. The topological polar surface area (TPSA) is 53.6 Å². The minimum Gasteiger partial charge on any atom is -0.376 e. The molecule has 2 rings (SSSR count). The molecule has 1 unspecified atom stereocenters. The number of nitrogens with zero attached hydrogens (tertiary/aromatic N) is 1. The van der Waals surface area contributed by atoms with E-state index in [2.05, 4.69) is 22.5 Å². The SMILES string of the molecule is C[C@H]1CNCCN1CC(=O)NCC1CCCO1. The van der Waals surface area contributed by atoms with Gasteiger partial charge in [-0.25, -0.2) is 0 Å². The first-order valence-electron chi connectivity index (χ1n) is 6.59. The molecule has 2 N–H and O–H groups in total. The Hall–Kier alpha value is -0.650. The van der Waals surface area contributed by atoms with E-state index in [4.69, 9.17) is 4.74 Å². The zero-order valence-corrected chi connectivity index (χ0v) is 10.6. The van der Waals surface area contributed by atoms with Gasteiger partial charge in [0.1, 0.15) is 0 Å². The van der Waals surface area contributed by atoms with Crippen molar-refractivity contribution in [2.45, 2.75) is 31.9 Å². The Labute approximate surface area is 103 Å². The first kappa shape index (κ1) is 12.8. The number of ether oxygens (including phenoxy) is 1. The molecule has 2 saturated heterocycles. The van der Waals surface area contributed by atoms with Crippen LogP contribution in [0.3, 0.4) is 0 Å². The largest absolute Gasteiger partial charge is 0.376 e. The van der Waals surface area contributed by atoms with Crippen LogP contribution in [0.1, 0.15) is 19.8 Å². The smallest absolute Gasteiger partial charge is 0.234 e. The summed E-state index contributed by atoms with van der Waals surface area (Å²) in [7, 11) is 0. The number of carbonyl (C=O) groups is 1. The number of hydrogen-bond acceptors (Lipinski definition) is 4. The van der Waals surface area contributed by atoms with Crippen molar-refractivity contribution in [3.05, 3.63) is 0 Å². The van der Waals surface area contributed by atoms with Gasteiger partial charge in [0.15, 0.2) is 0 Å². The van der Waals surface area contributed by atoms with Gasteiger partial charge in [-0.1, -0.05) is 0 Å². The molecule has 2 fully saturated rings. The normalized spacial score (nSPS) is 30.4. The Morgan fingerprint density at radius 3 is 3.18 bits per heavy atom. The molecular weight excluding hydrogens is 218 g/mol. The highest BCUT2D eigenvalue weighted by atomic mass is 16.5. The molecule has 0 aliphatic carbocycles. The first-order chi connectivity index (χ1) is 8.25. The van der Waals surface area contributed by atoms with Gasteiger partial charge in [0.2, 0.25) is 5.91 Å². The summed E-state index contributed by atoms with van der Waals surface area (Å²) in [6.45, 7) is 7.07. The lowest BCUT2D eigenvalue weighted by Gasteiger charge is -2.33. The Bertz CT molecular complexity index is 254. The van der Waals surface area contributed by atoms with Gasteiger partial charge >= 0.3 is 0 Å². The maximum Gasteiger partial charge on any atom is 0.234 e. The van der Waals surface area contributed by atoms with Crippen molar-refractivity contribution in [3.63, 3.8) is 0 Å². The molecule has 2 aliphatic heterocycles. The maximum atomic E-state index is 11.8. The average Bonchev–Trinajstić information content (AvgIpc) is 2.82. The molecule has 5 nitrogen and oxygen atoms in total. The summed E-state index contributed by atoms with van der Waals surface area (Å²) in [5, 5.41) is 6.29. The lowest BCUT2D eigenvalue weighted by molar-refractivity contribution is -0.123. The van der Waals surface area contributed by atoms with Crippen LogP contribution in [0.5, 0.6) is 0 Å². The minimum absolute atomic E-state index is 0.120. The summed E-state index contributed by atoms with van der Waals surface area (Å²) in [6.07, 6.45) is 2.43. The van der Waals surface area contributed by atoms with Gasteiger partial charge < -0.3 is 15.4 Å². The number of piperazine rings is 1. The van der Waals surface area contributed by atoms with Crippen LogP contribution in [0.15, 0.2) is 0 Å². The molecule has 0 bridgehead atoms. The lowest BCUT2D eigenvalue weighted by Crippen LogP contribution is -2.53. The zero-order chi connectivity index (χ0) is 12.1. The van der Waals surface area contributed by atoms with E-state index in [-0.39, 0.29) is 12.0 Å². The summed E-state index contributed by atoms with van der Waals surface area (Å²) in [5.74, 6) is 0.120. The third kappa shape index (κ3) is 3.94. The van der Waals surface area contributed by atoms with Crippen LogP contribution in [-0.4, -0.2) is 62.3 Å². The lowest BCUT2D eigenvalue weighted by atomic mass is 10.2. The Balaban J connectivity index is 1.65. The van der Waals surface area contributed by atoms with E-state index in [9.17, 15) is 4.79 Å². The third-order valence-electron chi connectivity index (χ3n) is 3.54. The van der Waals surface area contributed by atoms with E-state index in [1.54, 1.807) is 0 Å². The van der Waals surface area contributed by atoms with Gasteiger partial charge in [-0.15, -0.1) is 0 Å². The summed E-state index contributed by atoms with van der Waals surface area (Å²) in [4.78, 5) is 14.0. The highest BCUT2D eigenvalue weighted by Gasteiger charge is 2.21. The second-order valence-corrected chi connectivity index (χ2v) is 4.96. The van der Waals surface area contributed by atoms with Crippen molar-refractivity contribution in [1.29, 1.82) is 0 Å². The fraction of sp³-hybridized carbons (Fsp3) is 0.917. The molecule has 0 spiro atoms. The summed E-state index contributed by atoms with van der Waals surface area (Å²) < 4.78 is 5.48. The Morgan fingerprint density at radius 1 is 1.59 bits per heavy atom. The van der Waals surface area contributed by atoms with Gasteiger partial charge in [-0.3, -0.25) is 9.69 Å². The zero-order valence-electron chi connectivity index (χ0n) is 10.6. The predicted molar refractivity (Wildman–Crippen MR) is 65.9 cm³/mol. The third-order valence-corrected chi connectivity index (χ3v) is 3.54. The number of carbonyl (C=O) groups excluding carboxylic acids is 1.